The summed E-state index contributed by atoms with van der Waals surface area (Å²) in [5, 5.41) is 62.3. The second-order valence-corrected chi connectivity index (χ2v) is 8.70. The number of hydrogen-bond acceptors (Lipinski definition) is 11. The van der Waals surface area contributed by atoms with Gasteiger partial charge in [0.05, 0.1) is 18.2 Å². The Morgan fingerprint density at radius 2 is 1.83 bits per heavy atom. The summed E-state index contributed by atoms with van der Waals surface area (Å²) >= 11 is 0. The molecule has 12 nitrogen and oxygen atoms in total. The lowest BCUT2D eigenvalue weighted by Gasteiger charge is -2.40. The van der Waals surface area contributed by atoms with Crippen molar-refractivity contribution in [2.45, 2.75) is 75.6 Å². The molecule has 2 aliphatic rings. The van der Waals surface area contributed by atoms with Crippen LogP contribution in [0.2, 0.25) is 0 Å². The Labute approximate surface area is 201 Å². The van der Waals surface area contributed by atoms with Crippen molar-refractivity contribution < 1.29 is 54.4 Å². The van der Waals surface area contributed by atoms with Gasteiger partial charge in [0.25, 0.3) is 0 Å². The van der Waals surface area contributed by atoms with Crippen molar-refractivity contribution in [2.24, 2.45) is 0 Å². The topological polar surface area (TPSA) is 195 Å². The van der Waals surface area contributed by atoms with Gasteiger partial charge in [0.15, 0.2) is 17.3 Å². The van der Waals surface area contributed by atoms with E-state index in [-0.39, 0.29) is 35.7 Å². The highest BCUT2D eigenvalue weighted by Crippen LogP contribution is 2.32. The molecule has 2 fully saturated rings. The molecule has 0 radical (unpaired) electrons. The molecule has 1 aliphatic carbocycles. The number of phenols is 1. The number of carbonyl (C=O) groups is 2. The minimum atomic E-state index is -1.52. The van der Waals surface area contributed by atoms with E-state index >= 15 is 0 Å². The molecule has 7 N–H and O–H groups in total. The van der Waals surface area contributed by atoms with Crippen LogP contribution < -0.4 is 10.1 Å². The summed E-state index contributed by atoms with van der Waals surface area (Å²) in [5.41, 5.74) is 0.609. The van der Waals surface area contributed by atoms with E-state index in [1.54, 1.807) is 6.07 Å². The first kappa shape index (κ1) is 27.0. The first-order chi connectivity index (χ1) is 16.5. The van der Waals surface area contributed by atoms with E-state index in [0.717, 1.165) is 0 Å². The Morgan fingerprint density at radius 3 is 2.43 bits per heavy atom. The number of hydrogen-bond donors (Lipinski definition) is 7. The quantitative estimate of drug-likeness (QED) is 0.164. The fourth-order valence-corrected chi connectivity index (χ4v) is 4.06. The van der Waals surface area contributed by atoms with Gasteiger partial charge >= 0.3 is 0 Å². The smallest absolute Gasteiger partial charge is 0.247 e. The highest BCUT2D eigenvalue weighted by Gasteiger charge is 2.44. The van der Waals surface area contributed by atoms with E-state index in [1.807, 2.05) is 0 Å². The summed E-state index contributed by atoms with van der Waals surface area (Å²) in [5.74, 6) is -1.14. The molecule has 3 rings (SSSR count). The molecule has 12 heteroatoms. The van der Waals surface area contributed by atoms with Crippen molar-refractivity contribution in [1.82, 2.24) is 5.32 Å². The highest BCUT2D eigenvalue weighted by atomic mass is 16.7. The summed E-state index contributed by atoms with van der Waals surface area (Å²) in [6, 6.07) is 3.11. The number of aliphatic hydroxyl groups is 5. The van der Waals surface area contributed by atoms with E-state index < -0.39 is 61.7 Å². The minimum Gasteiger partial charge on any atom is -0.504 e. The van der Waals surface area contributed by atoms with Crippen LogP contribution in [0.5, 0.6) is 11.5 Å². The highest BCUT2D eigenvalue weighted by molar-refractivity contribution is 5.97. The van der Waals surface area contributed by atoms with Crippen molar-refractivity contribution in [2.75, 3.05) is 6.79 Å². The van der Waals surface area contributed by atoms with E-state index in [0.29, 0.717) is 5.56 Å². The third kappa shape index (κ3) is 6.35. The van der Waals surface area contributed by atoms with E-state index in [2.05, 4.69) is 5.32 Å². The largest absolute Gasteiger partial charge is 0.504 e. The Bertz CT molecular complexity index is 951. The van der Waals surface area contributed by atoms with Gasteiger partial charge in [0.1, 0.15) is 31.2 Å². The average molecular weight is 497 g/mol. The zero-order valence-corrected chi connectivity index (χ0v) is 19.3. The zero-order valence-electron chi connectivity index (χ0n) is 19.3. The number of aliphatic hydroxyl groups excluding tert-OH is 5. The van der Waals surface area contributed by atoms with Crippen molar-refractivity contribution in [3.63, 3.8) is 0 Å². The molecule has 1 aliphatic heterocycles. The molecule has 194 valence electrons. The maximum atomic E-state index is 12.6. The van der Waals surface area contributed by atoms with Crippen LogP contribution in [0.25, 0.3) is 6.08 Å². The molecular formula is C23H31NO11. The predicted octanol–water partition coefficient (Wildman–Crippen LogP) is -1.45. The minimum absolute atomic E-state index is 0.0135. The van der Waals surface area contributed by atoms with Gasteiger partial charge < -0.3 is 50.2 Å². The molecular weight excluding hydrogens is 466 g/mol. The molecule has 1 saturated heterocycles. The van der Waals surface area contributed by atoms with Gasteiger partial charge in [-0.2, -0.15) is 0 Å². The maximum absolute atomic E-state index is 12.6. The predicted molar refractivity (Wildman–Crippen MR) is 119 cm³/mol. The molecule has 1 aromatic rings. The van der Waals surface area contributed by atoms with Crippen molar-refractivity contribution >= 4 is 17.8 Å². The fraction of sp³-hybridized carbons (Fsp3) is 0.565. The summed E-state index contributed by atoms with van der Waals surface area (Å²) in [6.07, 6.45) is -6.65. The SMILES string of the molecule is CC(=O)[C@@H]1C[C@H](O)[C@H](Oc2ccc(/C=C(\C)C(=O)N[C@@H]3[C@H](O)[C@@H](O)[C@@H](OCO)C[C@@H]3O)cc2O)O1. The van der Waals surface area contributed by atoms with E-state index in [1.165, 1.54) is 32.1 Å². The molecule has 0 aromatic heterocycles. The number of amides is 1. The summed E-state index contributed by atoms with van der Waals surface area (Å²) in [7, 11) is 0. The zero-order chi connectivity index (χ0) is 25.9. The normalized spacial score (nSPS) is 33.4. The number of phenolic OH excluding ortho intramolecular Hbond substituents is 1. The monoisotopic (exact) mass is 497 g/mol. The summed E-state index contributed by atoms with van der Waals surface area (Å²) < 4.78 is 15.7. The number of aromatic hydroxyl groups is 1. The van der Waals surface area contributed by atoms with Crippen molar-refractivity contribution in [3.05, 3.63) is 29.3 Å². The Balaban J connectivity index is 1.63. The van der Waals surface area contributed by atoms with Crippen molar-refractivity contribution in [3.8, 4) is 11.5 Å². The van der Waals surface area contributed by atoms with Gasteiger partial charge in [0, 0.05) is 18.4 Å². The van der Waals surface area contributed by atoms with Crippen LogP contribution >= 0.6 is 0 Å². The first-order valence-electron chi connectivity index (χ1n) is 11.1. The lowest BCUT2D eigenvalue weighted by atomic mass is 9.85. The average Bonchev–Trinajstić information content (AvgIpc) is 3.17. The Kier molecular flexibility index (Phi) is 8.83. The van der Waals surface area contributed by atoms with Gasteiger partial charge in [-0.1, -0.05) is 6.07 Å². The Hall–Kier alpha value is -2.58. The molecule has 1 aromatic carbocycles. The van der Waals surface area contributed by atoms with Crippen LogP contribution in [-0.2, 0) is 19.1 Å². The molecule has 35 heavy (non-hydrogen) atoms. The van der Waals surface area contributed by atoms with Crippen LogP contribution in [0.3, 0.4) is 0 Å². The molecule has 0 unspecified atom stereocenters. The van der Waals surface area contributed by atoms with E-state index in [4.69, 9.17) is 19.3 Å². The first-order valence-corrected chi connectivity index (χ1v) is 11.1. The molecule has 0 spiro atoms. The third-order valence-electron chi connectivity index (χ3n) is 6.06. The Morgan fingerprint density at radius 1 is 1.11 bits per heavy atom. The van der Waals surface area contributed by atoms with Crippen LogP contribution in [0.4, 0.5) is 0 Å². The second kappa shape index (κ2) is 11.4. The number of ether oxygens (including phenoxy) is 3. The van der Waals surface area contributed by atoms with Crippen LogP contribution in [0.1, 0.15) is 32.3 Å². The molecule has 1 amide bonds. The van der Waals surface area contributed by atoms with Crippen LogP contribution in [-0.4, -0.2) is 98.1 Å². The number of nitrogens with one attached hydrogen (secondary N) is 1. The number of Topliss-reactive ketones (excluding diaryl/α,β-unsaturated/α-hetero) is 1. The van der Waals surface area contributed by atoms with Crippen LogP contribution in [0, 0.1) is 0 Å². The van der Waals surface area contributed by atoms with Gasteiger partial charge in [-0.3, -0.25) is 9.59 Å². The summed E-state index contributed by atoms with van der Waals surface area (Å²) in [6.45, 7) is 2.14. The van der Waals surface area contributed by atoms with E-state index in [9.17, 15) is 35.1 Å². The number of carbonyl (C=O) groups excluding carboxylic acids is 2. The molecule has 1 heterocycles. The van der Waals surface area contributed by atoms with Gasteiger partial charge in [-0.25, -0.2) is 0 Å². The second-order valence-electron chi connectivity index (χ2n) is 8.70. The maximum Gasteiger partial charge on any atom is 0.247 e. The van der Waals surface area contributed by atoms with Gasteiger partial charge in [0.2, 0.25) is 12.2 Å². The van der Waals surface area contributed by atoms with Gasteiger partial charge in [-0.05, 0) is 37.6 Å². The molecule has 1 saturated carbocycles. The lowest BCUT2D eigenvalue weighted by molar-refractivity contribution is -0.177. The molecule has 0 bridgehead atoms. The standard InChI is InChI=1S/C23H31NO11/c1-10(22(32)24-19-14(28)7-18(33-9-25)20(30)21(19)31)5-12-3-4-16(13(27)6-12)34-23-15(29)8-17(35-23)11(2)26/h3-6,14-15,17-21,23,25,27-31H,7-9H2,1-2H3,(H,24,32)/b10-5+/t14-,15-,17-,18-,19-,20-,21-,23+/m0/s1. The number of rotatable bonds is 8. The van der Waals surface area contributed by atoms with Crippen LogP contribution in [0.15, 0.2) is 23.8 Å². The summed E-state index contributed by atoms with van der Waals surface area (Å²) in [4.78, 5) is 24.1. The number of ketones is 1. The fourth-order valence-electron chi connectivity index (χ4n) is 4.06. The third-order valence-corrected chi connectivity index (χ3v) is 6.06. The number of benzene rings is 1. The lowest BCUT2D eigenvalue weighted by Crippen LogP contribution is -2.62. The molecule has 8 atom stereocenters. The van der Waals surface area contributed by atoms with Crippen molar-refractivity contribution in [1.29, 1.82) is 0 Å². The van der Waals surface area contributed by atoms with Gasteiger partial charge in [-0.15, -0.1) is 0 Å².